The van der Waals surface area contributed by atoms with Crippen molar-refractivity contribution in [2.45, 2.75) is 62.4 Å². The van der Waals surface area contributed by atoms with Gasteiger partial charge in [-0.05, 0) is 37.9 Å². The van der Waals surface area contributed by atoms with Crippen molar-refractivity contribution in [1.82, 2.24) is 0 Å². The zero-order chi connectivity index (χ0) is 11.8. The number of thioether (sulfide) groups is 1. The fourth-order valence-corrected chi connectivity index (χ4v) is 3.58. The Morgan fingerprint density at radius 1 is 1.38 bits per heavy atom. The van der Waals surface area contributed by atoms with Crippen LogP contribution in [0.2, 0.25) is 0 Å². The van der Waals surface area contributed by atoms with Crippen molar-refractivity contribution < 1.29 is 0 Å². The Morgan fingerprint density at radius 2 is 2.12 bits per heavy atom. The molecule has 0 spiro atoms. The zero-order valence-corrected chi connectivity index (χ0v) is 12.4. The van der Waals surface area contributed by atoms with E-state index in [1.165, 1.54) is 44.9 Å². The van der Waals surface area contributed by atoms with E-state index in [0.29, 0.717) is 5.25 Å². The molecule has 3 atom stereocenters. The average Bonchev–Trinajstić information content (AvgIpc) is 2.49. The van der Waals surface area contributed by atoms with E-state index in [0.717, 1.165) is 11.2 Å². The molecule has 1 fully saturated rings. The van der Waals surface area contributed by atoms with E-state index in [1.54, 1.807) is 0 Å². The smallest absolute Gasteiger partial charge is 0.0224 e. The molecule has 0 aromatic carbocycles. The first kappa shape index (κ1) is 14.5. The highest BCUT2D eigenvalue weighted by Gasteiger charge is 2.15. The van der Waals surface area contributed by atoms with Crippen LogP contribution in [0.4, 0.5) is 0 Å². The Kier molecular flexibility index (Phi) is 7.72. The molecule has 2 unspecified atom stereocenters. The lowest BCUT2D eigenvalue weighted by molar-refractivity contribution is 0.563. The van der Waals surface area contributed by atoms with E-state index in [4.69, 9.17) is 0 Å². The van der Waals surface area contributed by atoms with Crippen molar-refractivity contribution in [3.8, 4) is 0 Å². The molecular formula is C14H26S2. The minimum absolute atomic E-state index is 0.635. The summed E-state index contributed by atoms with van der Waals surface area (Å²) in [4.78, 5) is 0. The second-order valence-electron chi connectivity index (χ2n) is 4.88. The molecule has 0 bridgehead atoms. The predicted octanol–water partition coefficient (Wildman–Crippen LogP) is 4.95. The first-order valence-corrected chi connectivity index (χ1v) is 8.45. The minimum atomic E-state index is 0.635. The van der Waals surface area contributed by atoms with Crippen molar-refractivity contribution in [1.29, 1.82) is 0 Å². The summed E-state index contributed by atoms with van der Waals surface area (Å²) < 4.78 is 0. The van der Waals surface area contributed by atoms with Crippen molar-refractivity contribution in [2.75, 3.05) is 6.26 Å². The number of rotatable bonds is 5. The third kappa shape index (κ3) is 5.67. The summed E-state index contributed by atoms with van der Waals surface area (Å²) in [7, 11) is 0. The summed E-state index contributed by atoms with van der Waals surface area (Å²) in [5, 5.41) is 1.36. The first-order chi connectivity index (χ1) is 7.76. The molecule has 1 aliphatic rings. The highest BCUT2D eigenvalue weighted by atomic mass is 32.2. The number of thiol groups is 1. The molecule has 1 aliphatic carbocycles. The van der Waals surface area contributed by atoms with Gasteiger partial charge in [0.2, 0.25) is 0 Å². The average molecular weight is 258 g/mol. The summed E-state index contributed by atoms with van der Waals surface area (Å²) >= 11 is 6.64. The summed E-state index contributed by atoms with van der Waals surface area (Å²) in [5.74, 6) is 0.788. The van der Waals surface area contributed by atoms with Crippen molar-refractivity contribution in [3.05, 3.63) is 12.2 Å². The normalized spacial score (nSPS) is 29.2. The molecule has 1 saturated carbocycles. The van der Waals surface area contributed by atoms with Crippen LogP contribution in [0.25, 0.3) is 0 Å². The van der Waals surface area contributed by atoms with Crippen LogP contribution >= 0.6 is 24.4 Å². The van der Waals surface area contributed by atoms with Crippen LogP contribution in [0.5, 0.6) is 0 Å². The fraction of sp³-hybridized carbons (Fsp3) is 0.857. The van der Waals surface area contributed by atoms with E-state index in [1.807, 2.05) is 11.8 Å². The van der Waals surface area contributed by atoms with E-state index >= 15 is 0 Å². The number of hydrogen-bond donors (Lipinski definition) is 1. The summed E-state index contributed by atoms with van der Waals surface area (Å²) in [6.07, 6.45) is 16.5. The summed E-state index contributed by atoms with van der Waals surface area (Å²) in [6.45, 7) is 2.27. The van der Waals surface area contributed by atoms with Gasteiger partial charge in [-0.3, -0.25) is 0 Å². The van der Waals surface area contributed by atoms with Crippen molar-refractivity contribution in [2.24, 2.45) is 5.92 Å². The summed E-state index contributed by atoms with van der Waals surface area (Å²) in [5.41, 5.74) is 0. The molecule has 0 N–H and O–H groups in total. The van der Waals surface area contributed by atoms with Gasteiger partial charge in [0.15, 0.2) is 0 Å². The van der Waals surface area contributed by atoms with Gasteiger partial charge in [0.25, 0.3) is 0 Å². The van der Waals surface area contributed by atoms with Crippen LogP contribution in [0, 0.1) is 5.92 Å². The van der Waals surface area contributed by atoms with Gasteiger partial charge in [-0.15, -0.1) is 0 Å². The Hall–Kier alpha value is 0.440. The van der Waals surface area contributed by atoms with Gasteiger partial charge in [0, 0.05) is 10.5 Å². The summed E-state index contributed by atoms with van der Waals surface area (Å²) in [6, 6.07) is 0. The molecule has 94 valence electrons. The maximum Gasteiger partial charge on any atom is 0.0224 e. The van der Waals surface area contributed by atoms with Crippen LogP contribution in [0.3, 0.4) is 0 Å². The molecule has 1 rings (SSSR count). The van der Waals surface area contributed by atoms with Gasteiger partial charge in [-0.1, -0.05) is 38.3 Å². The lowest BCUT2D eigenvalue weighted by Gasteiger charge is -2.14. The highest BCUT2D eigenvalue weighted by molar-refractivity contribution is 7.99. The van der Waals surface area contributed by atoms with Crippen molar-refractivity contribution >= 4 is 24.4 Å². The largest absolute Gasteiger partial charge is 0.176 e. The molecule has 0 amide bonds. The van der Waals surface area contributed by atoms with E-state index in [9.17, 15) is 0 Å². The maximum atomic E-state index is 4.66. The van der Waals surface area contributed by atoms with E-state index < -0.39 is 0 Å². The third-order valence-corrected chi connectivity index (χ3v) is 4.88. The highest BCUT2D eigenvalue weighted by Crippen LogP contribution is 2.28. The van der Waals surface area contributed by atoms with Gasteiger partial charge in [0.1, 0.15) is 0 Å². The molecule has 0 heterocycles. The monoisotopic (exact) mass is 258 g/mol. The lowest BCUT2D eigenvalue weighted by atomic mass is 9.99. The van der Waals surface area contributed by atoms with Crippen LogP contribution in [-0.4, -0.2) is 16.8 Å². The van der Waals surface area contributed by atoms with Crippen LogP contribution < -0.4 is 0 Å². The number of allylic oxidation sites excluding steroid dienone is 1. The van der Waals surface area contributed by atoms with Gasteiger partial charge >= 0.3 is 0 Å². The van der Waals surface area contributed by atoms with Gasteiger partial charge in [0.05, 0.1) is 0 Å². The Bertz CT molecular complexity index is 201. The van der Waals surface area contributed by atoms with Crippen LogP contribution in [0.1, 0.15) is 51.9 Å². The molecular weight excluding hydrogens is 232 g/mol. The molecule has 0 aliphatic heterocycles. The third-order valence-electron chi connectivity index (χ3n) is 3.41. The number of hydrogen-bond acceptors (Lipinski definition) is 2. The molecule has 0 nitrogen and oxygen atoms in total. The zero-order valence-electron chi connectivity index (χ0n) is 10.7. The second-order valence-corrected chi connectivity index (χ2v) is 6.69. The fourth-order valence-electron chi connectivity index (χ4n) is 2.40. The lowest BCUT2D eigenvalue weighted by Crippen LogP contribution is -2.04. The molecule has 16 heavy (non-hydrogen) atoms. The quantitative estimate of drug-likeness (QED) is 0.413. The SMILES string of the molecule is CCCC(/C=C/C1CCCC[C@H](S)C1)SC. The molecule has 0 saturated heterocycles. The Balaban J connectivity index is 2.40. The van der Waals surface area contributed by atoms with Crippen LogP contribution in [0.15, 0.2) is 12.2 Å². The first-order valence-electron chi connectivity index (χ1n) is 6.65. The standard InChI is InChI=1S/C14H26S2/c1-3-6-14(16-2)10-9-12-7-4-5-8-13(15)11-12/h9-10,12-15H,3-8,11H2,1-2H3/b10-9+/t12?,13-,14?/m0/s1. The molecule has 0 aromatic heterocycles. The van der Waals surface area contributed by atoms with Crippen LogP contribution in [-0.2, 0) is 0 Å². The van der Waals surface area contributed by atoms with Gasteiger partial charge in [-0.2, -0.15) is 24.4 Å². The topological polar surface area (TPSA) is 0 Å². The predicted molar refractivity (Wildman–Crippen MR) is 80.7 cm³/mol. The van der Waals surface area contributed by atoms with E-state index in [-0.39, 0.29) is 0 Å². The second kappa shape index (κ2) is 8.52. The molecule has 2 heteroatoms. The molecule has 0 radical (unpaired) electrons. The van der Waals surface area contributed by atoms with Gasteiger partial charge in [-0.25, -0.2) is 0 Å². The van der Waals surface area contributed by atoms with Gasteiger partial charge < -0.3 is 0 Å². The Labute approximate surface area is 111 Å². The maximum absolute atomic E-state index is 4.66. The Morgan fingerprint density at radius 3 is 2.81 bits per heavy atom. The molecule has 0 aromatic rings. The van der Waals surface area contributed by atoms with Crippen molar-refractivity contribution in [3.63, 3.8) is 0 Å². The minimum Gasteiger partial charge on any atom is -0.176 e. The van der Waals surface area contributed by atoms with E-state index in [2.05, 4.69) is 38.0 Å².